The molecule has 0 radical (unpaired) electrons. The molecule has 2 aliphatic rings. The second-order valence-electron chi connectivity index (χ2n) is 8.42. The molecule has 3 rings (SSSR count). The number of carbonyl (C=O) groups is 1. The number of nitrogens with one attached hydrogen (secondary N) is 1. The van der Waals surface area contributed by atoms with Gasteiger partial charge in [0.1, 0.15) is 0 Å². The number of guanidine groups is 1. The molecule has 2 aliphatic heterocycles. The number of hydrogen-bond donors (Lipinski definition) is 2. The van der Waals surface area contributed by atoms with Gasteiger partial charge in [-0.1, -0.05) is 24.3 Å². The van der Waals surface area contributed by atoms with Crippen LogP contribution in [-0.2, 0) is 17.9 Å². The third kappa shape index (κ3) is 6.72. The molecule has 7 nitrogen and oxygen atoms in total. The molecule has 1 amide bonds. The number of piperazine rings is 1. The zero-order valence-electron chi connectivity index (χ0n) is 17.9. The predicted octanol–water partition coefficient (Wildman–Crippen LogP) is 1.10. The van der Waals surface area contributed by atoms with Gasteiger partial charge >= 0.3 is 0 Å². The minimum absolute atomic E-state index is 0.212. The molecule has 1 unspecified atom stereocenters. The lowest BCUT2D eigenvalue weighted by Crippen LogP contribution is -2.46. The summed E-state index contributed by atoms with van der Waals surface area (Å²) in [6, 6.07) is 8.89. The first-order valence-corrected chi connectivity index (χ1v) is 10.8. The summed E-state index contributed by atoms with van der Waals surface area (Å²) in [5.74, 6) is 1.02. The Hall–Kier alpha value is -2.12. The average Bonchev–Trinajstić information content (AvgIpc) is 2.71. The summed E-state index contributed by atoms with van der Waals surface area (Å²) in [6.45, 7) is 8.17. The first-order chi connectivity index (χ1) is 14.0. The molecule has 160 valence electrons. The largest absolute Gasteiger partial charge is 0.370 e. The topological polar surface area (TPSA) is 77.2 Å². The van der Waals surface area contributed by atoms with Crippen molar-refractivity contribution in [2.24, 2.45) is 16.6 Å². The smallest absolute Gasteiger partial charge is 0.217 e. The molecule has 2 saturated heterocycles. The molecule has 0 aliphatic carbocycles. The first kappa shape index (κ1) is 21.6. The molecule has 29 heavy (non-hydrogen) atoms. The molecule has 0 bridgehead atoms. The van der Waals surface area contributed by atoms with E-state index in [0.717, 1.165) is 71.2 Å². The van der Waals surface area contributed by atoms with Gasteiger partial charge in [0, 0.05) is 65.8 Å². The lowest BCUT2D eigenvalue weighted by atomic mass is 9.95. The Bertz CT molecular complexity index is 681. The quantitative estimate of drug-likeness (QED) is 0.552. The first-order valence-electron chi connectivity index (χ1n) is 10.8. The fraction of sp³-hybridized carbons (Fsp3) is 0.636. The summed E-state index contributed by atoms with van der Waals surface area (Å²) in [5.41, 5.74) is 8.00. The molecule has 0 saturated carbocycles. The van der Waals surface area contributed by atoms with Crippen molar-refractivity contribution in [3.8, 4) is 0 Å². The van der Waals surface area contributed by atoms with Crippen LogP contribution in [0, 0.1) is 5.92 Å². The minimum Gasteiger partial charge on any atom is -0.370 e. The summed E-state index contributed by atoms with van der Waals surface area (Å²) >= 11 is 0. The van der Waals surface area contributed by atoms with E-state index >= 15 is 0 Å². The number of likely N-dealkylation sites (tertiary alicyclic amines) is 1. The van der Waals surface area contributed by atoms with Crippen LogP contribution in [0.15, 0.2) is 29.3 Å². The van der Waals surface area contributed by atoms with Gasteiger partial charge in [-0.2, -0.15) is 0 Å². The van der Waals surface area contributed by atoms with Crippen molar-refractivity contribution in [1.29, 1.82) is 0 Å². The van der Waals surface area contributed by atoms with Crippen LogP contribution in [0.5, 0.6) is 0 Å². The van der Waals surface area contributed by atoms with Gasteiger partial charge in [-0.25, -0.2) is 0 Å². The number of hydrogen-bond acceptors (Lipinski definition) is 4. The second kappa shape index (κ2) is 10.6. The predicted molar refractivity (Wildman–Crippen MR) is 118 cm³/mol. The van der Waals surface area contributed by atoms with E-state index in [1.807, 2.05) is 7.05 Å². The van der Waals surface area contributed by atoms with Crippen molar-refractivity contribution in [2.75, 3.05) is 53.4 Å². The maximum atomic E-state index is 11.2. The number of nitrogens with zero attached hydrogens (tertiary/aromatic N) is 4. The highest BCUT2D eigenvalue weighted by Crippen LogP contribution is 2.19. The summed E-state index contributed by atoms with van der Waals surface area (Å²) in [4.78, 5) is 22.8. The Labute approximate surface area is 174 Å². The Kier molecular flexibility index (Phi) is 7.89. The van der Waals surface area contributed by atoms with E-state index in [2.05, 4.69) is 56.3 Å². The summed E-state index contributed by atoms with van der Waals surface area (Å²) < 4.78 is 0. The van der Waals surface area contributed by atoms with Gasteiger partial charge < -0.3 is 20.9 Å². The fourth-order valence-electron chi connectivity index (χ4n) is 4.25. The molecule has 0 spiro atoms. The lowest BCUT2D eigenvalue weighted by molar-refractivity contribution is -0.119. The molecule has 2 heterocycles. The number of carbonyl (C=O) groups excluding carboxylic acids is 1. The van der Waals surface area contributed by atoms with Crippen molar-refractivity contribution in [1.82, 2.24) is 20.0 Å². The maximum absolute atomic E-state index is 11.2. The molecule has 2 fully saturated rings. The van der Waals surface area contributed by atoms with Crippen molar-refractivity contribution in [3.63, 3.8) is 0 Å². The van der Waals surface area contributed by atoms with Crippen molar-refractivity contribution in [3.05, 3.63) is 35.4 Å². The number of benzene rings is 1. The maximum Gasteiger partial charge on any atom is 0.217 e. The van der Waals surface area contributed by atoms with Crippen molar-refractivity contribution >= 4 is 11.9 Å². The van der Waals surface area contributed by atoms with Crippen LogP contribution in [0.1, 0.15) is 30.4 Å². The monoisotopic (exact) mass is 400 g/mol. The number of primary amides is 1. The molecule has 1 aromatic rings. The van der Waals surface area contributed by atoms with Crippen LogP contribution < -0.4 is 11.1 Å². The van der Waals surface area contributed by atoms with Gasteiger partial charge in [0.25, 0.3) is 0 Å². The van der Waals surface area contributed by atoms with E-state index in [-0.39, 0.29) is 5.91 Å². The van der Waals surface area contributed by atoms with Crippen molar-refractivity contribution < 1.29 is 4.79 Å². The highest BCUT2D eigenvalue weighted by molar-refractivity contribution is 5.80. The number of aliphatic imine (C=N–C) groups is 1. The highest BCUT2D eigenvalue weighted by Gasteiger charge is 2.23. The molecule has 7 heteroatoms. The second-order valence-corrected chi connectivity index (χ2v) is 8.42. The number of nitrogens with two attached hydrogens (primary N) is 1. The van der Waals surface area contributed by atoms with Crippen LogP contribution in [0.4, 0.5) is 0 Å². The van der Waals surface area contributed by atoms with E-state index in [4.69, 9.17) is 5.73 Å². The number of likely N-dealkylation sites (N-methyl/N-ethyl adjacent to an activating group) is 1. The molecule has 1 atom stereocenters. The van der Waals surface area contributed by atoms with Crippen LogP contribution in [0.2, 0.25) is 0 Å². The van der Waals surface area contributed by atoms with Gasteiger partial charge in [0.2, 0.25) is 5.91 Å². The van der Waals surface area contributed by atoms with Gasteiger partial charge in [-0.05, 0) is 36.9 Å². The van der Waals surface area contributed by atoms with E-state index in [9.17, 15) is 4.79 Å². The van der Waals surface area contributed by atoms with Crippen LogP contribution in [0.25, 0.3) is 0 Å². The Morgan fingerprint density at radius 1 is 1.14 bits per heavy atom. The summed E-state index contributed by atoms with van der Waals surface area (Å²) in [6.07, 6.45) is 2.59. The lowest BCUT2D eigenvalue weighted by Gasteiger charge is -2.34. The van der Waals surface area contributed by atoms with Gasteiger partial charge in [-0.15, -0.1) is 0 Å². The SMILES string of the molecule is CN=C(NCc1ccc(CN2CCN(C)CC2)cc1)N1CCCC(CC(N)=O)C1. The van der Waals surface area contributed by atoms with Crippen molar-refractivity contribution in [2.45, 2.75) is 32.4 Å². The van der Waals surface area contributed by atoms with Crippen LogP contribution in [0.3, 0.4) is 0 Å². The zero-order valence-corrected chi connectivity index (χ0v) is 17.9. The molecule has 1 aromatic carbocycles. The molecular weight excluding hydrogens is 364 g/mol. The van der Waals surface area contributed by atoms with E-state index in [0.29, 0.717) is 12.3 Å². The highest BCUT2D eigenvalue weighted by atomic mass is 16.1. The average molecular weight is 401 g/mol. The van der Waals surface area contributed by atoms with E-state index in [1.165, 1.54) is 11.1 Å². The Morgan fingerprint density at radius 2 is 1.83 bits per heavy atom. The third-order valence-electron chi connectivity index (χ3n) is 6.00. The zero-order chi connectivity index (χ0) is 20.6. The molecule has 3 N–H and O–H groups in total. The number of rotatable bonds is 6. The minimum atomic E-state index is -0.212. The van der Waals surface area contributed by atoms with Gasteiger partial charge in [0.15, 0.2) is 5.96 Å². The molecular formula is C22H36N6O. The van der Waals surface area contributed by atoms with E-state index < -0.39 is 0 Å². The number of piperidine rings is 1. The van der Waals surface area contributed by atoms with Crippen LogP contribution >= 0.6 is 0 Å². The Balaban J connectivity index is 1.47. The van der Waals surface area contributed by atoms with Crippen LogP contribution in [-0.4, -0.2) is 79.9 Å². The summed E-state index contributed by atoms with van der Waals surface area (Å²) in [5, 5.41) is 3.48. The molecule has 0 aromatic heterocycles. The third-order valence-corrected chi connectivity index (χ3v) is 6.00. The van der Waals surface area contributed by atoms with E-state index in [1.54, 1.807) is 0 Å². The summed E-state index contributed by atoms with van der Waals surface area (Å²) in [7, 11) is 4.01. The van der Waals surface area contributed by atoms with Gasteiger partial charge in [0.05, 0.1) is 0 Å². The normalized spacial score (nSPS) is 21.9. The Morgan fingerprint density at radius 3 is 2.48 bits per heavy atom. The standard InChI is InChI=1S/C22H36N6O/c1-24-22(28-9-3-4-20(17-28)14-21(23)29)25-15-18-5-7-19(8-6-18)16-27-12-10-26(2)11-13-27/h5-8,20H,3-4,9-17H2,1-2H3,(H2,23,29)(H,24,25). The van der Waals surface area contributed by atoms with Gasteiger partial charge in [-0.3, -0.25) is 14.7 Å². The fourth-order valence-corrected chi connectivity index (χ4v) is 4.25. The number of amides is 1.